The summed E-state index contributed by atoms with van der Waals surface area (Å²) in [4.78, 5) is 27.9. The summed E-state index contributed by atoms with van der Waals surface area (Å²) in [7, 11) is 0. The van der Waals surface area contributed by atoms with Crippen LogP contribution >= 0.6 is 27.7 Å². The molecule has 0 bridgehead atoms. The Labute approximate surface area is 156 Å². The highest BCUT2D eigenvalue weighted by atomic mass is 79.9. The van der Waals surface area contributed by atoms with E-state index in [9.17, 15) is 14.9 Å². The molecule has 0 aliphatic heterocycles. The molecule has 2 aromatic carbocycles. The Morgan fingerprint density at radius 1 is 1.28 bits per heavy atom. The van der Waals surface area contributed by atoms with Crippen molar-refractivity contribution >= 4 is 45.2 Å². The standard InChI is InChI=1S/C16H15BrN4O3S/c1-2-9-7-14(25-13-6-4-3-5-11(13)17)12(21(23)24)8-10(9)15(22)20-16(18)19/h3-8H,2H2,1H3,(H4,18,19,20,22). The van der Waals surface area contributed by atoms with Crippen molar-refractivity contribution in [1.29, 1.82) is 0 Å². The first-order valence-electron chi connectivity index (χ1n) is 7.21. The second-order valence-electron chi connectivity index (χ2n) is 4.96. The largest absolute Gasteiger partial charge is 0.370 e. The van der Waals surface area contributed by atoms with Crippen molar-refractivity contribution in [2.75, 3.05) is 0 Å². The number of aliphatic imine (C=N–C) groups is 1. The fraction of sp³-hybridized carbons (Fsp3) is 0.125. The van der Waals surface area contributed by atoms with Crippen LogP contribution in [-0.2, 0) is 6.42 Å². The zero-order valence-corrected chi connectivity index (χ0v) is 15.6. The smallest absolute Gasteiger partial charge is 0.284 e. The average Bonchev–Trinajstić information content (AvgIpc) is 2.55. The van der Waals surface area contributed by atoms with Gasteiger partial charge in [-0.2, -0.15) is 4.99 Å². The zero-order valence-electron chi connectivity index (χ0n) is 13.2. The molecule has 0 unspecified atom stereocenters. The minimum atomic E-state index is -0.697. The van der Waals surface area contributed by atoms with E-state index in [0.717, 1.165) is 9.37 Å². The van der Waals surface area contributed by atoms with Gasteiger partial charge in [0.15, 0.2) is 5.96 Å². The third-order valence-corrected chi connectivity index (χ3v) is 5.36. The fourth-order valence-electron chi connectivity index (χ4n) is 2.15. The number of benzene rings is 2. The summed E-state index contributed by atoms with van der Waals surface area (Å²) < 4.78 is 0.827. The molecular formula is C16H15BrN4O3S. The van der Waals surface area contributed by atoms with Crippen LogP contribution in [0.3, 0.4) is 0 Å². The Balaban J connectivity index is 2.57. The van der Waals surface area contributed by atoms with Crippen LogP contribution in [-0.4, -0.2) is 16.8 Å². The summed E-state index contributed by atoms with van der Waals surface area (Å²) in [6, 6.07) is 10.3. The quantitative estimate of drug-likeness (QED) is 0.328. The van der Waals surface area contributed by atoms with E-state index in [4.69, 9.17) is 11.5 Å². The molecule has 0 radical (unpaired) electrons. The molecule has 0 spiro atoms. The van der Waals surface area contributed by atoms with E-state index >= 15 is 0 Å². The van der Waals surface area contributed by atoms with Crippen LogP contribution in [0.5, 0.6) is 0 Å². The van der Waals surface area contributed by atoms with Gasteiger partial charge in [0.05, 0.1) is 15.4 Å². The number of hydrogen-bond acceptors (Lipinski definition) is 4. The molecule has 0 heterocycles. The predicted octanol–water partition coefficient (Wildman–Crippen LogP) is 3.48. The molecule has 0 atom stereocenters. The number of amides is 1. The van der Waals surface area contributed by atoms with Gasteiger partial charge < -0.3 is 11.5 Å². The van der Waals surface area contributed by atoms with Gasteiger partial charge in [-0.15, -0.1) is 0 Å². The van der Waals surface area contributed by atoms with Crippen LogP contribution in [0.1, 0.15) is 22.8 Å². The molecule has 130 valence electrons. The minimum absolute atomic E-state index is 0.124. The van der Waals surface area contributed by atoms with Crippen molar-refractivity contribution in [3.63, 3.8) is 0 Å². The van der Waals surface area contributed by atoms with Gasteiger partial charge in [-0.05, 0) is 46.1 Å². The number of nitro groups is 1. The van der Waals surface area contributed by atoms with Crippen LogP contribution in [0, 0.1) is 10.1 Å². The van der Waals surface area contributed by atoms with Crippen LogP contribution in [0.25, 0.3) is 0 Å². The number of carbonyl (C=O) groups excluding carboxylic acids is 1. The summed E-state index contributed by atoms with van der Waals surface area (Å²) in [6.07, 6.45) is 0.503. The van der Waals surface area contributed by atoms with Crippen molar-refractivity contribution in [1.82, 2.24) is 0 Å². The molecule has 0 aliphatic rings. The van der Waals surface area contributed by atoms with Gasteiger partial charge in [0.25, 0.3) is 11.6 Å². The lowest BCUT2D eigenvalue weighted by Crippen LogP contribution is -2.24. The van der Waals surface area contributed by atoms with Gasteiger partial charge in [0.2, 0.25) is 0 Å². The van der Waals surface area contributed by atoms with Crippen molar-refractivity contribution < 1.29 is 9.72 Å². The van der Waals surface area contributed by atoms with Crippen LogP contribution < -0.4 is 11.5 Å². The second kappa shape index (κ2) is 8.13. The molecule has 7 nitrogen and oxygen atoms in total. The number of nitrogens with two attached hydrogens (primary N) is 2. The summed E-state index contributed by atoms with van der Waals surface area (Å²) in [5.74, 6) is -1.08. The highest BCUT2D eigenvalue weighted by molar-refractivity contribution is 9.10. The lowest BCUT2D eigenvalue weighted by molar-refractivity contribution is -0.387. The Bertz CT molecular complexity index is 866. The summed E-state index contributed by atoms with van der Waals surface area (Å²) >= 11 is 4.67. The molecule has 2 aromatic rings. The van der Waals surface area contributed by atoms with E-state index in [2.05, 4.69) is 20.9 Å². The van der Waals surface area contributed by atoms with Crippen LogP contribution in [0.15, 0.2) is 55.7 Å². The van der Waals surface area contributed by atoms with Crippen molar-refractivity contribution in [3.8, 4) is 0 Å². The maximum Gasteiger partial charge on any atom is 0.284 e. The summed E-state index contributed by atoms with van der Waals surface area (Å²) in [5.41, 5.74) is 11.0. The van der Waals surface area contributed by atoms with Gasteiger partial charge in [-0.25, -0.2) is 0 Å². The maximum absolute atomic E-state index is 12.1. The van der Waals surface area contributed by atoms with E-state index in [1.807, 2.05) is 31.2 Å². The van der Waals surface area contributed by atoms with Crippen molar-refractivity contribution in [2.45, 2.75) is 23.1 Å². The van der Waals surface area contributed by atoms with Gasteiger partial charge in [-0.3, -0.25) is 14.9 Å². The normalized spacial score (nSPS) is 10.3. The average molecular weight is 423 g/mol. The molecule has 0 fully saturated rings. The summed E-state index contributed by atoms with van der Waals surface area (Å²) in [5, 5.41) is 11.5. The molecule has 9 heteroatoms. The second-order valence-corrected chi connectivity index (χ2v) is 6.90. The molecule has 0 aromatic heterocycles. The molecule has 0 saturated carbocycles. The third-order valence-electron chi connectivity index (χ3n) is 3.28. The topological polar surface area (TPSA) is 125 Å². The van der Waals surface area contributed by atoms with Crippen molar-refractivity contribution in [3.05, 3.63) is 62.1 Å². The number of nitro benzene ring substituents is 1. The van der Waals surface area contributed by atoms with Gasteiger partial charge in [0.1, 0.15) is 0 Å². The van der Waals surface area contributed by atoms with E-state index in [1.54, 1.807) is 6.07 Å². The Hall–Kier alpha value is -2.39. The van der Waals surface area contributed by atoms with E-state index in [0.29, 0.717) is 16.9 Å². The number of rotatable bonds is 5. The van der Waals surface area contributed by atoms with Gasteiger partial charge >= 0.3 is 0 Å². The Kier molecular flexibility index (Phi) is 6.16. The van der Waals surface area contributed by atoms with Crippen LogP contribution in [0.2, 0.25) is 0 Å². The van der Waals surface area contributed by atoms with Crippen molar-refractivity contribution in [2.24, 2.45) is 16.5 Å². The lowest BCUT2D eigenvalue weighted by atomic mass is 10.0. The van der Waals surface area contributed by atoms with Gasteiger partial charge in [0, 0.05) is 15.4 Å². The number of hydrogen-bond donors (Lipinski definition) is 2. The first kappa shape index (κ1) is 18.9. The van der Waals surface area contributed by atoms with Gasteiger partial charge in [-0.1, -0.05) is 30.8 Å². The van der Waals surface area contributed by atoms with E-state index < -0.39 is 10.8 Å². The number of nitrogens with zero attached hydrogens (tertiary/aromatic N) is 2. The number of halogens is 1. The molecule has 25 heavy (non-hydrogen) atoms. The molecule has 4 N–H and O–H groups in total. The first-order valence-corrected chi connectivity index (χ1v) is 8.82. The lowest BCUT2D eigenvalue weighted by Gasteiger charge is -2.10. The Morgan fingerprint density at radius 3 is 2.52 bits per heavy atom. The summed E-state index contributed by atoms with van der Waals surface area (Å²) in [6.45, 7) is 1.85. The molecule has 1 amide bonds. The number of guanidine groups is 1. The molecule has 2 rings (SSSR count). The molecular weight excluding hydrogens is 408 g/mol. The monoisotopic (exact) mass is 422 g/mol. The molecule has 0 saturated heterocycles. The van der Waals surface area contributed by atoms with E-state index in [-0.39, 0.29) is 17.2 Å². The van der Waals surface area contributed by atoms with Crippen LogP contribution in [0.4, 0.5) is 5.69 Å². The number of carbonyl (C=O) groups is 1. The highest BCUT2D eigenvalue weighted by Crippen LogP contribution is 2.39. The SMILES string of the molecule is CCc1cc(Sc2ccccc2Br)c([N+](=O)[O-])cc1C(=O)N=C(N)N. The Morgan fingerprint density at radius 2 is 1.96 bits per heavy atom. The fourth-order valence-corrected chi connectivity index (χ4v) is 3.67. The first-order chi connectivity index (χ1) is 11.8. The van der Waals surface area contributed by atoms with E-state index in [1.165, 1.54) is 17.8 Å². The zero-order chi connectivity index (χ0) is 18.6. The highest BCUT2D eigenvalue weighted by Gasteiger charge is 2.22. The minimum Gasteiger partial charge on any atom is -0.370 e. The molecule has 0 aliphatic carbocycles. The number of aryl methyl sites for hydroxylation is 1. The predicted molar refractivity (Wildman–Crippen MR) is 101 cm³/mol. The third kappa shape index (κ3) is 4.58. The maximum atomic E-state index is 12.1.